The molecule has 5 N–H and O–H groups in total. The molecule has 87 heavy (non-hydrogen) atoms. The predicted molar refractivity (Wildman–Crippen MR) is 338 cm³/mol. The fourth-order valence-corrected chi connectivity index (χ4v) is 11.5. The summed E-state index contributed by atoms with van der Waals surface area (Å²) in [7, 11) is 10.0. The lowest BCUT2D eigenvalue weighted by atomic mass is 9.79. The van der Waals surface area contributed by atoms with E-state index in [1.807, 2.05) is 61.5 Å². The van der Waals surface area contributed by atoms with Gasteiger partial charge in [0.2, 0.25) is 65.0 Å². The molecule has 1 saturated heterocycles. The third-order valence-corrected chi connectivity index (χ3v) is 17.2. The SMILES string of the molecule is C/C=C/C[C@@H](C)[C@@H](O)[C@H]1C(=O)N[C@@H](CC)C(=O)N(C)CC(=O)N(C)[C@@H](CC(C)C)C(=O)N[C@@H](C(C)C)C(=O)N(C)[C@@H](CC(C)C)C(=O)N[C@@H](C)C(=O)N[C@H](C)C(=O)N(C)[C@@H](CC(C)C)C(=O)N(C)[C@@H](CC(C)C)C(=O)N(C)[C@@](CC)(C(C)C)C(=O)N1C. The molecule has 12 atom stereocenters. The molecule has 0 spiro atoms. The zero-order valence-corrected chi connectivity index (χ0v) is 57.7. The van der Waals surface area contributed by atoms with Crippen LogP contribution in [0.4, 0.5) is 0 Å². The van der Waals surface area contributed by atoms with Gasteiger partial charge in [-0.25, -0.2) is 0 Å². The van der Waals surface area contributed by atoms with Crippen LogP contribution < -0.4 is 21.3 Å². The number of carbonyl (C=O) groups is 11. The van der Waals surface area contributed by atoms with E-state index in [9.17, 15) is 43.5 Å². The first-order valence-electron chi connectivity index (χ1n) is 31.5. The van der Waals surface area contributed by atoms with E-state index in [2.05, 4.69) is 21.3 Å². The molecular formula is C64H115N11O12. The number of allylic oxidation sites excluding steroid dienone is 2. The molecule has 23 heteroatoms. The summed E-state index contributed by atoms with van der Waals surface area (Å²) in [6, 6.07) is -11.1. The smallest absolute Gasteiger partial charge is 0.249 e. The van der Waals surface area contributed by atoms with Crippen molar-refractivity contribution in [3.63, 3.8) is 0 Å². The Bertz CT molecular complexity index is 2400. The molecule has 0 aromatic rings. The third-order valence-electron chi connectivity index (χ3n) is 17.2. The fraction of sp³-hybridized carbons (Fsp3) is 0.797. The topological polar surface area (TPSA) is 279 Å². The van der Waals surface area contributed by atoms with Crippen molar-refractivity contribution in [2.45, 2.75) is 236 Å². The average Bonchev–Trinajstić information content (AvgIpc) is 1.16. The highest BCUT2D eigenvalue weighted by Gasteiger charge is 2.53. The molecule has 0 aliphatic carbocycles. The zero-order valence-electron chi connectivity index (χ0n) is 57.7. The monoisotopic (exact) mass is 1230 g/mol. The number of hydrogen-bond acceptors (Lipinski definition) is 12. The van der Waals surface area contributed by atoms with E-state index in [4.69, 9.17) is 0 Å². The predicted octanol–water partition coefficient (Wildman–Crippen LogP) is 4.05. The van der Waals surface area contributed by atoms with Gasteiger partial charge in [0.25, 0.3) is 0 Å². The quantitative estimate of drug-likeness (QED) is 0.137. The summed E-state index contributed by atoms with van der Waals surface area (Å²) >= 11 is 0. The summed E-state index contributed by atoms with van der Waals surface area (Å²) < 4.78 is 0. The molecule has 1 aliphatic heterocycles. The van der Waals surface area contributed by atoms with Crippen LogP contribution in [0.25, 0.3) is 0 Å². The van der Waals surface area contributed by atoms with E-state index in [-0.39, 0.29) is 62.2 Å². The Balaban J connectivity index is 4.43. The van der Waals surface area contributed by atoms with Crippen molar-refractivity contribution in [2.24, 2.45) is 41.4 Å². The largest absolute Gasteiger partial charge is 0.390 e. The van der Waals surface area contributed by atoms with Gasteiger partial charge in [-0.3, -0.25) is 52.7 Å². The summed E-state index contributed by atoms with van der Waals surface area (Å²) in [5.41, 5.74) is -1.70. The van der Waals surface area contributed by atoms with Crippen LogP contribution in [0.5, 0.6) is 0 Å². The van der Waals surface area contributed by atoms with Crippen LogP contribution in [0.1, 0.15) is 170 Å². The Morgan fingerprint density at radius 3 is 1.40 bits per heavy atom. The second-order valence-corrected chi connectivity index (χ2v) is 26.8. The Kier molecular flexibility index (Phi) is 31.9. The molecule has 0 radical (unpaired) electrons. The molecule has 0 aromatic carbocycles. The second-order valence-electron chi connectivity index (χ2n) is 26.8. The lowest BCUT2D eigenvalue weighted by molar-refractivity contribution is -0.165. The lowest BCUT2D eigenvalue weighted by Gasteiger charge is -2.48. The van der Waals surface area contributed by atoms with Gasteiger partial charge in [0.1, 0.15) is 59.9 Å². The average molecular weight is 1230 g/mol. The number of likely N-dealkylation sites (N-methyl/N-ethyl adjacent to an activating group) is 7. The van der Waals surface area contributed by atoms with Crippen molar-refractivity contribution in [3.8, 4) is 0 Å². The number of rotatable bonds is 16. The Labute approximate surface area is 521 Å². The Hall–Kier alpha value is -6.13. The molecule has 0 bridgehead atoms. The molecule has 0 saturated carbocycles. The first-order valence-corrected chi connectivity index (χ1v) is 31.5. The van der Waals surface area contributed by atoms with Gasteiger partial charge in [-0.2, -0.15) is 0 Å². The van der Waals surface area contributed by atoms with E-state index in [1.54, 1.807) is 61.5 Å². The lowest BCUT2D eigenvalue weighted by Crippen LogP contribution is -2.68. The maximum absolute atomic E-state index is 15.7. The van der Waals surface area contributed by atoms with Crippen molar-refractivity contribution >= 4 is 65.0 Å². The van der Waals surface area contributed by atoms with Crippen LogP contribution in [0.15, 0.2) is 12.2 Å². The maximum atomic E-state index is 15.7. The van der Waals surface area contributed by atoms with Crippen LogP contribution in [0.2, 0.25) is 0 Å². The molecule has 1 fully saturated rings. The number of amides is 11. The minimum atomic E-state index is -1.70. The zero-order chi connectivity index (χ0) is 67.6. The minimum Gasteiger partial charge on any atom is -0.390 e. The van der Waals surface area contributed by atoms with E-state index in [0.717, 1.165) is 9.80 Å². The number of nitrogens with one attached hydrogen (secondary N) is 4. The molecule has 1 rings (SSSR count). The first kappa shape index (κ1) is 78.9. The fourth-order valence-electron chi connectivity index (χ4n) is 11.5. The van der Waals surface area contributed by atoms with E-state index >= 15 is 14.4 Å². The summed E-state index contributed by atoms with van der Waals surface area (Å²) in [4.78, 5) is 170. The van der Waals surface area contributed by atoms with Crippen LogP contribution in [-0.2, 0) is 52.7 Å². The van der Waals surface area contributed by atoms with Gasteiger partial charge >= 0.3 is 0 Å². The van der Waals surface area contributed by atoms with Crippen molar-refractivity contribution in [3.05, 3.63) is 12.2 Å². The Morgan fingerprint density at radius 1 is 0.517 bits per heavy atom. The van der Waals surface area contributed by atoms with Gasteiger partial charge in [0, 0.05) is 49.3 Å². The standard InChI is InChI=1S/C64H115N11O12/c1-26-29-30-42(16)53(77)52-57(81)67-45(27-2)59(83)69(19)35-50(76)70(20)46(31-36(4)5)56(80)68-51(40(12)13)62(86)71(21)47(32-37(6)7)55(79)65-43(17)54(78)66-44(18)58(82)72(22)48(33-38(8)9)60(84)73(23)49(34-39(10)11)61(85)75(25)64(28-3,41(14)15)63(87)74(52)24/h26,29,36-49,51-53,77H,27-28,30-35H2,1-25H3,(H,65,79)(H,66,78)(H,67,81)(H,68,80)/b29-26+/t42-,43+,44-,45+,46+,47+,48+,49+,51+,52+,53-,64+/m1/s1. The normalized spacial score (nSPS) is 27.4. The number of carbonyl (C=O) groups excluding carboxylic acids is 11. The number of nitrogens with zero attached hydrogens (tertiary/aromatic N) is 7. The minimum absolute atomic E-state index is 0.0192. The molecular weight excluding hydrogens is 1110 g/mol. The highest BCUT2D eigenvalue weighted by atomic mass is 16.3. The molecule has 0 unspecified atom stereocenters. The maximum Gasteiger partial charge on any atom is 0.249 e. The van der Waals surface area contributed by atoms with Crippen LogP contribution >= 0.6 is 0 Å². The van der Waals surface area contributed by atoms with Crippen molar-refractivity contribution in [1.29, 1.82) is 0 Å². The molecule has 23 nitrogen and oxygen atoms in total. The second kappa shape index (κ2) is 35.2. The van der Waals surface area contributed by atoms with Gasteiger partial charge in [0.05, 0.1) is 12.6 Å². The van der Waals surface area contributed by atoms with E-state index < -0.39 is 155 Å². The number of aliphatic hydroxyl groups is 1. The van der Waals surface area contributed by atoms with Crippen molar-refractivity contribution in [2.75, 3.05) is 55.9 Å². The number of hydrogen-bond donors (Lipinski definition) is 5. The molecule has 0 aromatic heterocycles. The van der Waals surface area contributed by atoms with Crippen molar-refractivity contribution in [1.82, 2.24) is 55.6 Å². The van der Waals surface area contributed by atoms with Gasteiger partial charge < -0.3 is 60.7 Å². The molecule has 498 valence electrons. The van der Waals surface area contributed by atoms with Gasteiger partial charge in [-0.15, -0.1) is 0 Å². The van der Waals surface area contributed by atoms with Crippen molar-refractivity contribution < 1.29 is 57.8 Å². The van der Waals surface area contributed by atoms with Gasteiger partial charge in [-0.1, -0.05) is 116 Å². The summed E-state index contributed by atoms with van der Waals surface area (Å²) in [5.74, 6) is -9.76. The van der Waals surface area contributed by atoms with Crippen LogP contribution in [0, 0.1) is 41.4 Å². The van der Waals surface area contributed by atoms with Gasteiger partial charge in [0.15, 0.2) is 0 Å². The molecule has 1 aliphatic rings. The van der Waals surface area contributed by atoms with E-state index in [1.165, 1.54) is 87.7 Å². The summed E-state index contributed by atoms with van der Waals surface area (Å²) in [5, 5.41) is 23.3. The van der Waals surface area contributed by atoms with Gasteiger partial charge in [-0.05, 0) is 107 Å². The molecule has 11 amide bonds. The highest BCUT2D eigenvalue weighted by Crippen LogP contribution is 2.34. The Morgan fingerprint density at radius 2 is 0.954 bits per heavy atom. The van der Waals surface area contributed by atoms with Crippen LogP contribution in [-0.4, -0.2) is 226 Å². The highest BCUT2D eigenvalue weighted by molar-refractivity contribution is 6.00. The molecule has 1 heterocycles. The summed E-state index contributed by atoms with van der Waals surface area (Å²) in [6.07, 6.45) is 3.04. The first-order chi connectivity index (χ1) is 40.1. The summed E-state index contributed by atoms with van der Waals surface area (Å²) in [6.45, 7) is 31.2. The van der Waals surface area contributed by atoms with Crippen LogP contribution in [0.3, 0.4) is 0 Å². The third kappa shape index (κ3) is 20.7. The number of aliphatic hydroxyl groups excluding tert-OH is 1. The van der Waals surface area contributed by atoms with E-state index in [0.29, 0.717) is 6.42 Å².